The summed E-state index contributed by atoms with van der Waals surface area (Å²) in [6, 6.07) is 11.2. The fourth-order valence-electron chi connectivity index (χ4n) is 3.01. The van der Waals surface area contributed by atoms with E-state index >= 15 is 0 Å². The summed E-state index contributed by atoms with van der Waals surface area (Å²) in [5.41, 5.74) is 7.46. The molecule has 3 aromatic rings. The molecule has 1 unspecified atom stereocenters. The van der Waals surface area contributed by atoms with Gasteiger partial charge in [-0.15, -0.1) is 11.3 Å². The van der Waals surface area contributed by atoms with Crippen LogP contribution in [0.2, 0.25) is 0 Å². The van der Waals surface area contributed by atoms with Crippen LogP contribution in [0.5, 0.6) is 5.75 Å². The molecule has 148 valence electrons. The highest BCUT2D eigenvalue weighted by Gasteiger charge is 2.36. The number of fused-ring (bicyclic) bond motifs is 3. The predicted molar refractivity (Wildman–Crippen MR) is 111 cm³/mol. The molecule has 0 spiro atoms. The quantitative estimate of drug-likeness (QED) is 0.514. The van der Waals surface area contributed by atoms with E-state index in [1.807, 2.05) is 24.4 Å². The van der Waals surface area contributed by atoms with Gasteiger partial charge < -0.3 is 19.8 Å². The van der Waals surface area contributed by atoms with Crippen molar-refractivity contribution >= 4 is 28.7 Å². The zero-order chi connectivity index (χ0) is 21.1. The molecular formula is C21H19N3O4S. The van der Waals surface area contributed by atoms with Gasteiger partial charge in [0.2, 0.25) is 12.3 Å². The molecule has 1 aromatic carbocycles. The third kappa shape index (κ3) is 3.73. The number of ether oxygens (including phenoxy) is 1. The van der Waals surface area contributed by atoms with Crippen LogP contribution in [0.3, 0.4) is 0 Å². The van der Waals surface area contributed by atoms with Crippen molar-refractivity contribution in [2.45, 2.75) is 12.8 Å². The summed E-state index contributed by atoms with van der Waals surface area (Å²) < 4.78 is 11.1. The maximum atomic E-state index is 12.6. The molecule has 1 atom stereocenters. The molecule has 2 N–H and O–H groups in total. The van der Waals surface area contributed by atoms with Crippen molar-refractivity contribution in [2.24, 2.45) is 5.73 Å². The smallest absolute Gasteiger partial charge is 0.344 e. The van der Waals surface area contributed by atoms with E-state index < -0.39 is 11.5 Å². The van der Waals surface area contributed by atoms with Gasteiger partial charge in [0, 0.05) is 19.0 Å². The minimum atomic E-state index is -0.570. The zero-order valence-corrected chi connectivity index (χ0v) is 16.9. The SMILES string of the molecule is CN(C)C=O.Cc1ccsc1C1C(C#N)=C(N)Oc2c1c(=O)oc1ccccc21. The van der Waals surface area contributed by atoms with Gasteiger partial charge in [-0.05, 0) is 36.1 Å². The normalized spacial score (nSPS) is 14.9. The molecule has 0 bridgehead atoms. The van der Waals surface area contributed by atoms with Crippen LogP contribution in [0.15, 0.2) is 56.4 Å². The number of benzene rings is 1. The van der Waals surface area contributed by atoms with E-state index in [-0.39, 0.29) is 11.5 Å². The van der Waals surface area contributed by atoms with Crippen molar-refractivity contribution in [1.82, 2.24) is 4.90 Å². The lowest BCUT2D eigenvalue weighted by molar-refractivity contribution is -0.115. The van der Waals surface area contributed by atoms with Crippen molar-refractivity contribution in [2.75, 3.05) is 14.1 Å². The van der Waals surface area contributed by atoms with Crippen molar-refractivity contribution in [3.05, 3.63) is 73.6 Å². The molecule has 1 amide bonds. The Balaban J connectivity index is 0.000000431. The van der Waals surface area contributed by atoms with E-state index in [4.69, 9.17) is 14.9 Å². The number of aryl methyl sites for hydroxylation is 1. The third-order valence-corrected chi connectivity index (χ3v) is 5.43. The molecule has 0 saturated carbocycles. The van der Waals surface area contributed by atoms with Crippen molar-refractivity contribution in [1.29, 1.82) is 5.26 Å². The number of carbonyl (C=O) groups excluding carboxylic acids is 1. The number of nitrogens with zero attached hydrogens (tertiary/aromatic N) is 2. The number of carbonyl (C=O) groups is 1. The van der Waals surface area contributed by atoms with Crippen LogP contribution in [0.25, 0.3) is 11.0 Å². The largest absolute Gasteiger partial charge is 0.439 e. The van der Waals surface area contributed by atoms with E-state index in [9.17, 15) is 14.9 Å². The van der Waals surface area contributed by atoms with Crippen LogP contribution in [-0.4, -0.2) is 25.4 Å². The Bertz CT molecular complexity index is 1200. The summed E-state index contributed by atoms with van der Waals surface area (Å²) in [7, 11) is 3.38. The first-order valence-electron chi connectivity index (χ1n) is 8.68. The lowest BCUT2D eigenvalue weighted by Crippen LogP contribution is -2.26. The van der Waals surface area contributed by atoms with Gasteiger partial charge in [0.05, 0.1) is 16.9 Å². The molecule has 7 nitrogen and oxygen atoms in total. The molecule has 1 aliphatic heterocycles. The molecule has 0 fully saturated rings. The summed E-state index contributed by atoms with van der Waals surface area (Å²) in [4.78, 5) is 24.4. The average Bonchev–Trinajstić information content (AvgIpc) is 3.13. The van der Waals surface area contributed by atoms with Gasteiger partial charge in [0.25, 0.3) is 0 Å². The summed E-state index contributed by atoms with van der Waals surface area (Å²) in [6.45, 7) is 1.94. The number of hydrogen-bond donors (Lipinski definition) is 1. The first-order chi connectivity index (χ1) is 13.9. The van der Waals surface area contributed by atoms with Crippen molar-refractivity contribution in [3.63, 3.8) is 0 Å². The van der Waals surface area contributed by atoms with E-state index in [0.717, 1.165) is 16.9 Å². The molecule has 4 rings (SSSR count). The second-order valence-electron chi connectivity index (χ2n) is 6.59. The number of nitrogens with two attached hydrogens (primary N) is 1. The maximum Gasteiger partial charge on any atom is 0.344 e. The van der Waals surface area contributed by atoms with Crippen LogP contribution in [-0.2, 0) is 4.79 Å². The Morgan fingerprint density at radius 2 is 1.97 bits per heavy atom. The third-order valence-electron chi connectivity index (χ3n) is 4.35. The number of allylic oxidation sites excluding steroid dienone is 1. The lowest BCUT2D eigenvalue weighted by Gasteiger charge is -2.25. The first kappa shape index (κ1) is 20.2. The van der Waals surface area contributed by atoms with Gasteiger partial charge in [-0.1, -0.05) is 12.1 Å². The maximum absolute atomic E-state index is 12.6. The number of para-hydroxylation sites is 1. The van der Waals surface area contributed by atoms with E-state index in [1.165, 1.54) is 16.2 Å². The Kier molecular flexibility index (Phi) is 5.71. The van der Waals surface area contributed by atoms with Crippen LogP contribution in [0.4, 0.5) is 0 Å². The predicted octanol–water partition coefficient (Wildman–Crippen LogP) is 3.09. The first-order valence-corrected chi connectivity index (χ1v) is 9.56. The average molecular weight is 409 g/mol. The monoisotopic (exact) mass is 409 g/mol. The van der Waals surface area contributed by atoms with Gasteiger partial charge in [-0.3, -0.25) is 4.79 Å². The summed E-state index contributed by atoms with van der Waals surface area (Å²) in [5.74, 6) is -0.172. The fourth-order valence-corrected chi connectivity index (χ4v) is 4.05. The highest BCUT2D eigenvalue weighted by atomic mass is 32.1. The van der Waals surface area contributed by atoms with E-state index in [2.05, 4.69) is 6.07 Å². The van der Waals surface area contributed by atoms with Crippen LogP contribution in [0, 0.1) is 18.3 Å². The summed E-state index contributed by atoms with van der Waals surface area (Å²) >= 11 is 1.48. The molecule has 3 heterocycles. The zero-order valence-electron chi connectivity index (χ0n) is 16.1. The summed E-state index contributed by atoms with van der Waals surface area (Å²) in [6.07, 6.45) is 0.750. The van der Waals surface area contributed by atoms with Crippen LogP contribution in [0.1, 0.15) is 21.9 Å². The van der Waals surface area contributed by atoms with Gasteiger partial charge in [-0.25, -0.2) is 4.79 Å². The van der Waals surface area contributed by atoms with E-state index in [0.29, 0.717) is 22.3 Å². The Hall–Kier alpha value is -3.57. The van der Waals surface area contributed by atoms with Gasteiger partial charge in [-0.2, -0.15) is 5.26 Å². The molecule has 0 saturated heterocycles. The van der Waals surface area contributed by atoms with Crippen LogP contribution < -0.4 is 16.1 Å². The molecule has 0 radical (unpaired) electrons. The van der Waals surface area contributed by atoms with Gasteiger partial charge >= 0.3 is 5.63 Å². The van der Waals surface area contributed by atoms with Gasteiger partial charge in [0.15, 0.2) is 5.75 Å². The number of hydrogen-bond acceptors (Lipinski definition) is 7. The Morgan fingerprint density at radius 3 is 2.55 bits per heavy atom. The fraction of sp³-hybridized carbons (Fsp3) is 0.190. The molecular weight excluding hydrogens is 390 g/mol. The standard InChI is InChI=1S/C18H12N2O3S.C3H7NO/c1-9-6-7-24-16(9)13-11(8-19)17(20)23-15-10-4-2-3-5-12(10)22-18(21)14(13)15;1-4(2)3-5/h2-7,13H,20H2,1H3;3H,1-2H3. The second kappa shape index (κ2) is 8.20. The lowest BCUT2D eigenvalue weighted by atomic mass is 9.87. The Labute approximate surface area is 171 Å². The Morgan fingerprint density at radius 1 is 1.28 bits per heavy atom. The second-order valence-corrected chi connectivity index (χ2v) is 7.54. The number of nitriles is 1. The van der Waals surface area contributed by atoms with Crippen LogP contribution >= 0.6 is 11.3 Å². The van der Waals surface area contributed by atoms with Gasteiger partial charge in [0.1, 0.15) is 17.2 Å². The molecule has 1 aliphatic rings. The molecule has 2 aromatic heterocycles. The number of rotatable bonds is 2. The van der Waals surface area contributed by atoms with Crippen molar-refractivity contribution in [3.8, 4) is 11.8 Å². The number of amides is 1. The minimum Gasteiger partial charge on any atom is -0.439 e. The summed E-state index contributed by atoms with van der Waals surface area (Å²) in [5, 5.41) is 12.1. The topological polar surface area (TPSA) is 110 Å². The molecule has 29 heavy (non-hydrogen) atoms. The van der Waals surface area contributed by atoms with E-state index in [1.54, 1.807) is 32.3 Å². The minimum absolute atomic E-state index is 0.0264. The number of thiophene rings is 1. The highest BCUT2D eigenvalue weighted by Crippen LogP contribution is 2.45. The van der Waals surface area contributed by atoms with Crippen molar-refractivity contribution < 1.29 is 13.9 Å². The molecule has 8 heteroatoms. The molecule has 0 aliphatic carbocycles. The highest BCUT2D eigenvalue weighted by molar-refractivity contribution is 7.10.